The van der Waals surface area contributed by atoms with Crippen molar-refractivity contribution in [3.63, 3.8) is 0 Å². The maximum atomic E-state index is 13.8. The first kappa shape index (κ1) is 26.5. The van der Waals surface area contributed by atoms with Gasteiger partial charge in [-0.1, -0.05) is 25.1 Å². The number of pyridine rings is 1. The quantitative estimate of drug-likeness (QED) is 0.260. The molecule has 5 aromatic rings. The van der Waals surface area contributed by atoms with Crippen molar-refractivity contribution in [3.05, 3.63) is 111 Å². The Morgan fingerprint density at radius 1 is 1.10 bits per heavy atom. The molecule has 39 heavy (non-hydrogen) atoms. The molecule has 0 saturated heterocycles. The van der Waals surface area contributed by atoms with Crippen LogP contribution in [0.5, 0.6) is 0 Å². The first-order valence-corrected chi connectivity index (χ1v) is 13.1. The van der Waals surface area contributed by atoms with Crippen molar-refractivity contribution in [2.75, 3.05) is 0 Å². The van der Waals surface area contributed by atoms with Crippen LogP contribution in [0.2, 0.25) is 0 Å². The highest BCUT2D eigenvalue weighted by molar-refractivity contribution is 5.83. The molecule has 2 aromatic carbocycles. The third-order valence-electron chi connectivity index (χ3n) is 7.42. The van der Waals surface area contributed by atoms with Gasteiger partial charge in [0.05, 0.1) is 18.3 Å². The largest absolute Gasteiger partial charge is 0.468 e. The summed E-state index contributed by atoms with van der Waals surface area (Å²) in [7, 11) is 0. The van der Waals surface area contributed by atoms with Crippen LogP contribution >= 0.6 is 0 Å². The van der Waals surface area contributed by atoms with Gasteiger partial charge in [0.15, 0.2) is 5.82 Å². The summed E-state index contributed by atoms with van der Waals surface area (Å²) in [6.07, 6.45) is 2.40. The molecule has 8 nitrogen and oxygen atoms in total. The highest BCUT2D eigenvalue weighted by Crippen LogP contribution is 2.33. The number of fused-ring (bicyclic) bond motifs is 1. The van der Waals surface area contributed by atoms with Crippen molar-refractivity contribution in [2.24, 2.45) is 0 Å². The average Bonchev–Trinajstić information content (AvgIpc) is 3.59. The van der Waals surface area contributed by atoms with Gasteiger partial charge in [-0.25, -0.2) is 9.07 Å². The van der Waals surface area contributed by atoms with E-state index in [0.717, 1.165) is 39.8 Å². The minimum absolute atomic E-state index is 0.218. The number of hydrogen-bond acceptors (Lipinski definition) is 6. The van der Waals surface area contributed by atoms with Gasteiger partial charge in [-0.2, -0.15) is 0 Å². The molecule has 0 spiro atoms. The molecule has 0 aliphatic heterocycles. The van der Waals surface area contributed by atoms with Crippen LogP contribution in [0.3, 0.4) is 0 Å². The molecule has 1 N–H and O–H groups in total. The van der Waals surface area contributed by atoms with Gasteiger partial charge in [0.25, 0.3) is 5.56 Å². The van der Waals surface area contributed by atoms with Gasteiger partial charge in [-0.05, 0) is 97.6 Å². The maximum Gasteiger partial charge on any atom is 0.253 e. The topological polar surface area (TPSA) is 92.8 Å². The molecule has 202 valence electrons. The lowest BCUT2D eigenvalue weighted by Crippen LogP contribution is -2.38. The van der Waals surface area contributed by atoms with Crippen molar-refractivity contribution in [1.82, 2.24) is 30.1 Å². The Morgan fingerprint density at radius 3 is 2.56 bits per heavy atom. The normalized spacial score (nSPS) is 12.9. The van der Waals surface area contributed by atoms with Gasteiger partial charge >= 0.3 is 0 Å². The maximum absolute atomic E-state index is 13.8. The molecule has 0 fully saturated rings. The fourth-order valence-corrected chi connectivity index (χ4v) is 5.00. The highest BCUT2D eigenvalue weighted by atomic mass is 19.1. The second-order valence-electron chi connectivity index (χ2n) is 10.7. The van der Waals surface area contributed by atoms with Crippen LogP contribution in [0, 0.1) is 19.7 Å². The van der Waals surface area contributed by atoms with Crippen molar-refractivity contribution in [2.45, 2.75) is 65.7 Å². The van der Waals surface area contributed by atoms with Gasteiger partial charge in [-0.15, -0.1) is 5.10 Å². The third-order valence-corrected chi connectivity index (χ3v) is 7.42. The predicted octanol–water partition coefficient (Wildman–Crippen LogP) is 5.80. The fourth-order valence-electron chi connectivity index (χ4n) is 5.00. The number of H-pyrrole nitrogens is 1. The molecule has 3 heterocycles. The van der Waals surface area contributed by atoms with Gasteiger partial charge in [0.2, 0.25) is 0 Å². The Morgan fingerprint density at radius 2 is 1.87 bits per heavy atom. The smallest absolute Gasteiger partial charge is 0.253 e. The summed E-state index contributed by atoms with van der Waals surface area (Å²) >= 11 is 0. The van der Waals surface area contributed by atoms with Crippen molar-refractivity contribution in [1.29, 1.82) is 0 Å². The number of aromatic nitrogens is 5. The zero-order valence-electron chi connectivity index (χ0n) is 22.9. The van der Waals surface area contributed by atoms with Crippen LogP contribution in [0.15, 0.2) is 70.1 Å². The van der Waals surface area contributed by atoms with Crippen LogP contribution in [-0.4, -0.2) is 30.1 Å². The second-order valence-corrected chi connectivity index (χ2v) is 10.7. The second kappa shape index (κ2) is 10.6. The molecule has 0 saturated carbocycles. The summed E-state index contributed by atoms with van der Waals surface area (Å²) < 4.78 is 21.3. The van der Waals surface area contributed by atoms with E-state index in [9.17, 15) is 9.18 Å². The van der Waals surface area contributed by atoms with Crippen LogP contribution in [-0.2, 0) is 18.6 Å². The van der Waals surface area contributed by atoms with Gasteiger partial charge in [0, 0.05) is 23.0 Å². The Labute approximate surface area is 226 Å². The number of benzene rings is 2. The first-order valence-electron chi connectivity index (χ1n) is 13.1. The fraction of sp³-hybridized carbons (Fsp3) is 0.333. The average molecular weight is 529 g/mol. The Balaban J connectivity index is 1.75. The molecule has 0 unspecified atom stereocenters. The van der Waals surface area contributed by atoms with E-state index in [1.807, 2.05) is 42.8 Å². The van der Waals surface area contributed by atoms with Gasteiger partial charge in [0.1, 0.15) is 17.6 Å². The molecule has 0 radical (unpaired) electrons. The van der Waals surface area contributed by atoms with E-state index in [0.29, 0.717) is 24.5 Å². The lowest BCUT2D eigenvalue weighted by atomic mass is 9.97. The molecule has 0 aliphatic rings. The molecular weight excluding hydrogens is 495 g/mol. The van der Waals surface area contributed by atoms with Gasteiger partial charge in [-0.3, -0.25) is 9.69 Å². The molecule has 0 amide bonds. The van der Waals surface area contributed by atoms with Crippen LogP contribution in [0.1, 0.15) is 67.1 Å². The third kappa shape index (κ3) is 5.40. The molecular formula is C30H33FN6O2. The summed E-state index contributed by atoms with van der Waals surface area (Å²) in [4.78, 5) is 19.0. The number of rotatable bonds is 9. The van der Waals surface area contributed by atoms with E-state index in [-0.39, 0.29) is 11.4 Å². The Hall–Kier alpha value is -4.11. The van der Waals surface area contributed by atoms with E-state index in [2.05, 4.69) is 52.2 Å². The zero-order valence-corrected chi connectivity index (χ0v) is 22.9. The highest BCUT2D eigenvalue weighted by Gasteiger charge is 2.35. The van der Waals surface area contributed by atoms with Crippen molar-refractivity contribution >= 4 is 10.9 Å². The van der Waals surface area contributed by atoms with E-state index >= 15 is 0 Å². The van der Waals surface area contributed by atoms with Crippen LogP contribution < -0.4 is 5.56 Å². The van der Waals surface area contributed by atoms with Gasteiger partial charge < -0.3 is 9.40 Å². The lowest BCUT2D eigenvalue weighted by molar-refractivity contribution is 0.168. The number of furan rings is 1. The number of aryl methyl sites for hydroxylation is 2. The number of nitrogens with zero attached hydrogens (tertiary/aromatic N) is 5. The first-order chi connectivity index (χ1) is 18.7. The minimum atomic E-state index is -0.630. The Bertz CT molecular complexity index is 1640. The van der Waals surface area contributed by atoms with E-state index in [1.54, 1.807) is 18.4 Å². The summed E-state index contributed by atoms with van der Waals surface area (Å²) in [5.74, 6) is 0.961. The lowest BCUT2D eigenvalue weighted by Gasteiger charge is -2.33. The van der Waals surface area contributed by atoms with E-state index in [1.165, 1.54) is 12.1 Å². The molecule has 5 rings (SSSR count). The molecule has 0 aliphatic carbocycles. The summed E-state index contributed by atoms with van der Waals surface area (Å²) in [5, 5.41) is 13.9. The monoisotopic (exact) mass is 528 g/mol. The SMILES string of the molecule is CCC(C)(C)n1nnnc1[C@@H](c1cc2c(C)cc(C)cc2[nH]c1=O)N(Cc1ccc(F)cc1)Cc1ccco1. The summed E-state index contributed by atoms with van der Waals surface area (Å²) in [5.41, 5.74) is 3.70. The number of halogens is 1. The number of nitrogens with one attached hydrogen (secondary N) is 1. The minimum Gasteiger partial charge on any atom is -0.468 e. The van der Waals surface area contributed by atoms with E-state index in [4.69, 9.17) is 4.42 Å². The zero-order chi connectivity index (χ0) is 27.7. The van der Waals surface area contributed by atoms with Crippen LogP contribution in [0.4, 0.5) is 4.39 Å². The number of hydrogen-bond donors (Lipinski definition) is 1. The number of tetrazole rings is 1. The molecule has 3 aromatic heterocycles. The van der Waals surface area contributed by atoms with Crippen molar-refractivity contribution in [3.8, 4) is 0 Å². The Kier molecular flexibility index (Phi) is 7.18. The summed E-state index contributed by atoms with van der Waals surface area (Å²) in [6.45, 7) is 11.0. The van der Waals surface area contributed by atoms with Crippen molar-refractivity contribution < 1.29 is 8.81 Å². The number of aromatic amines is 1. The standard InChI is InChI=1S/C30H33FN6O2/c1-6-30(4,5)37-28(33-34-35-37)27(25-16-24-20(3)14-19(2)15-26(24)32-29(25)38)36(18-23-8-7-13-39-23)17-21-9-11-22(31)12-10-21/h7-16,27H,6,17-18H2,1-5H3,(H,32,38)/t27-/m1/s1. The molecule has 9 heteroatoms. The molecule has 1 atom stereocenters. The van der Waals surface area contributed by atoms with Crippen LogP contribution in [0.25, 0.3) is 10.9 Å². The summed E-state index contributed by atoms with van der Waals surface area (Å²) in [6, 6.07) is 15.5. The van der Waals surface area contributed by atoms with E-state index < -0.39 is 11.6 Å². The molecule has 0 bridgehead atoms. The predicted molar refractivity (Wildman–Crippen MR) is 148 cm³/mol.